The quantitative estimate of drug-likeness (QED) is 0.566. The van der Waals surface area contributed by atoms with Crippen LogP contribution < -0.4 is 5.32 Å². The van der Waals surface area contributed by atoms with Gasteiger partial charge in [0.15, 0.2) is 5.11 Å². The number of nitrogens with one attached hydrogen (secondary N) is 1. The third kappa shape index (κ3) is 3.76. The Balaban J connectivity index is 1.58. The Labute approximate surface area is 193 Å². The molecule has 32 heavy (non-hydrogen) atoms. The number of aryl methyl sites for hydroxylation is 1. The lowest BCUT2D eigenvalue weighted by Crippen LogP contribution is -2.36. The van der Waals surface area contributed by atoms with E-state index in [1.165, 1.54) is 5.56 Å². The van der Waals surface area contributed by atoms with Crippen LogP contribution in [0.2, 0.25) is 0 Å². The van der Waals surface area contributed by atoms with E-state index in [4.69, 9.17) is 17.0 Å². The molecular formula is C25H28N4O2S. The summed E-state index contributed by atoms with van der Waals surface area (Å²) in [7, 11) is 0. The van der Waals surface area contributed by atoms with Crippen molar-refractivity contribution in [3.8, 4) is 11.4 Å². The fraction of sp³-hybridized carbons (Fsp3) is 0.360. The first-order chi connectivity index (χ1) is 15.5. The highest BCUT2D eigenvalue weighted by molar-refractivity contribution is 7.80. The van der Waals surface area contributed by atoms with Crippen LogP contribution in [0.15, 0.2) is 54.7 Å². The molecule has 6 nitrogen and oxygen atoms in total. The second kappa shape index (κ2) is 8.56. The molecule has 0 bridgehead atoms. The zero-order chi connectivity index (χ0) is 22.2. The Morgan fingerprint density at radius 1 is 1.19 bits per heavy atom. The van der Waals surface area contributed by atoms with E-state index in [0.29, 0.717) is 0 Å². The van der Waals surface area contributed by atoms with E-state index in [1.54, 1.807) is 12.1 Å². The summed E-state index contributed by atoms with van der Waals surface area (Å²) in [4.78, 5) is 6.93. The van der Waals surface area contributed by atoms with Crippen molar-refractivity contribution in [3.05, 3.63) is 77.4 Å². The average Bonchev–Trinajstić information content (AvgIpc) is 3.49. The van der Waals surface area contributed by atoms with Gasteiger partial charge in [0.2, 0.25) is 0 Å². The number of aromatic hydroxyl groups is 1. The Hall–Kier alpha value is -2.90. The average molecular weight is 449 g/mol. The van der Waals surface area contributed by atoms with Crippen molar-refractivity contribution in [3.63, 3.8) is 0 Å². The molecule has 2 N–H and O–H groups in total. The van der Waals surface area contributed by atoms with Gasteiger partial charge in [-0.05, 0) is 86.9 Å². The Kier molecular flexibility index (Phi) is 5.61. The number of ether oxygens (including phenoxy) is 1. The van der Waals surface area contributed by atoms with Crippen LogP contribution in [-0.4, -0.2) is 43.9 Å². The molecule has 1 aromatic carbocycles. The number of pyridine rings is 1. The predicted molar refractivity (Wildman–Crippen MR) is 128 cm³/mol. The van der Waals surface area contributed by atoms with Crippen molar-refractivity contribution in [1.29, 1.82) is 0 Å². The highest BCUT2D eigenvalue weighted by Crippen LogP contribution is 2.42. The molecule has 2 saturated heterocycles. The molecule has 4 heterocycles. The summed E-state index contributed by atoms with van der Waals surface area (Å²) in [6.45, 7) is 5.85. The summed E-state index contributed by atoms with van der Waals surface area (Å²) in [6, 6.07) is 15.6. The zero-order valence-electron chi connectivity index (χ0n) is 18.4. The third-order valence-corrected chi connectivity index (χ3v) is 6.87. The maximum Gasteiger partial charge on any atom is 0.170 e. The molecule has 2 aromatic heterocycles. The molecule has 0 spiro atoms. The molecule has 3 atom stereocenters. The largest absolute Gasteiger partial charge is 0.508 e. The summed E-state index contributed by atoms with van der Waals surface area (Å²) >= 11 is 5.82. The molecule has 0 radical (unpaired) electrons. The summed E-state index contributed by atoms with van der Waals surface area (Å²) in [5.74, 6) is 0.264. The summed E-state index contributed by atoms with van der Waals surface area (Å²) in [6.07, 6.45) is 4.19. The van der Waals surface area contributed by atoms with Crippen LogP contribution in [0, 0.1) is 13.8 Å². The molecule has 2 aliphatic heterocycles. The lowest BCUT2D eigenvalue weighted by Gasteiger charge is -2.30. The second-order valence-electron chi connectivity index (χ2n) is 8.59. The molecule has 5 rings (SSSR count). The van der Waals surface area contributed by atoms with Crippen LogP contribution in [0.25, 0.3) is 5.69 Å². The van der Waals surface area contributed by atoms with Crippen molar-refractivity contribution < 1.29 is 9.84 Å². The minimum Gasteiger partial charge on any atom is -0.508 e. The molecule has 2 fully saturated rings. The van der Waals surface area contributed by atoms with Crippen molar-refractivity contribution in [2.75, 3.05) is 13.2 Å². The Bertz CT molecular complexity index is 1110. The van der Waals surface area contributed by atoms with Gasteiger partial charge in [-0.2, -0.15) is 0 Å². The van der Waals surface area contributed by atoms with Crippen molar-refractivity contribution >= 4 is 17.3 Å². The fourth-order valence-electron chi connectivity index (χ4n) is 5.03. The van der Waals surface area contributed by atoms with Crippen molar-refractivity contribution in [2.24, 2.45) is 0 Å². The number of hydrogen-bond donors (Lipinski definition) is 2. The number of phenolic OH excluding ortho intramolecular Hbond substituents is 1. The van der Waals surface area contributed by atoms with Gasteiger partial charge < -0.3 is 24.6 Å². The van der Waals surface area contributed by atoms with Crippen LogP contribution >= 0.6 is 12.2 Å². The maximum absolute atomic E-state index is 9.72. The van der Waals surface area contributed by atoms with E-state index in [1.807, 2.05) is 30.5 Å². The van der Waals surface area contributed by atoms with Crippen LogP contribution in [0.3, 0.4) is 0 Å². The van der Waals surface area contributed by atoms with Crippen LogP contribution in [-0.2, 0) is 4.74 Å². The van der Waals surface area contributed by atoms with Gasteiger partial charge in [0.05, 0.1) is 23.9 Å². The SMILES string of the molecule is Cc1cc([C@H]2[C@H](c3ccccn3)NC(=S)N2C[C@@H]2CCCO2)c(C)n1-c1ccc(O)cc1. The minimum absolute atomic E-state index is 0.0127. The Morgan fingerprint density at radius 3 is 2.69 bits per heavy atom. The number of phenols is 1. The first-order valence-corrected chi connectivity index (χ1v) is 11.5. The van der Waals surface area contributed by atoms with Gasteiger partial charge >= 0.3 is 0 Å². The highest BCUT2D eigenvalue weighted by Gasteiger charge is 2.42. The zero-order valence-corrected chi connectivity index (χ0v) is 19.2. The number of hydrogen-bond acceptors (Lipinski definition) is 4. The molecule has 0 amide bonds. The molecule has 2 aliphatic rings. The topological polar surface area (TPSA) is 62.5 Å². The van der Waals surface area contributed by atoms with Gasteiger partial charge in [-0.3, -0.25) is 4.98 Å². The Morgan fingerprint density at radius 2 is 2.00 bits per heavy atom. The highest BCUT2D eigenvalue weighted by atomic mass is 32.1. The van der Waals surface area contributed by atoms with Gasteiger partial charge in [0, 0.05) is 36.4 Å². The maximum atomic E-state index is 9.72. The van der Waals surface area contributed by atoms with Crippen LogP contribution in [0.1, 0.15) is 47.6 Å². The van der Waals surface area contributed by atoms with Crippen molar-refractivity contribution in [1.82, 2.24) is 19.8 Å². The number of aromatic nitrogens is 2. The standard InChI is InChI=1S/C25H28N4O2S/c1-16-14-21(17(2)29(16)18-8-10-19(30)11-9-18)24-23(22-7-3-4-12-26-22)27-25(32)28(24)15-20-6-5-13-31-20/h3-4,7-12,14,20,23-24,30H,5-6,13,15H2,1-2H3,(H,27,32)/t20-,23-,24-/m0/s1. The first-order valence-electron chi connectivity index (χ1n) is 11.1. The lowest BCUT2D eigenvalue weighted by atomic mass is 9.96. The predicted octanol–water partition coefficient (Wildman–Crippen LogP) is 4.35. The lowest BCUT2D eigenvalue weighted by molar-refractivity contribution is 0.0842. The van der Waals surface area contributed by atoms with Gasteiger partial charge in [-0.15, -0.1) is 0 Å². The number of thiocarbonyl (C=S) groups is 1. The van der Waals surface area contributed by atoms with E-state index >= 15 is 0 Å². The van der Waals surface area contributed by atoms with Gasteiger partial charge in [0.25, 0.3) is 0 Å². The van der Waals surface area contributed by atoms with E-state index in [-0.39, 0.29) is 23.9 Å². The summed E-state index contributed by atoms with van der Waals surface area (Å²) in [5, 5.41) is 14.0. The molecule has 7 heteroatoms. The van der Waals surface area contributed by atoms with E-state index in [2.05, 4.69) is 45.7 Å². The summed E-state index contributed by atoms with van der Waals surface area (Å²) in [5.41, 5.74) is 5.51. The number of nitrogens with zero attached hydrogens (tertiary/aromatic N) is 3. The molecular weight excluding hydrogens is 420 g/mol. The van der Waals surface area contributed by atoms with E-state index < -0.39 is 0 Å². The molecule has 166 valence electrons. The molecule has 0 aliphatic carbocycles. The molecule has 3 aromatic rings. The van der Waals surface area contributed by atoms with Gasteiger partial charge in [0.1, 0.15) is 5.75 Å². The number of benzene rings is 1. The van der Waals surface area contributed by atoms with Crippen LogP contribution in [0.4, 0.5) is 0 Å². The summed E-state index contributed by atoms with van der Waals surface area (Å²) < 4.78 is 8.19. The van der Waals surface area contributed by atoms with Crippen LogP contribution in [0.5, 0.6) is 5.75 Å². The van der Waals surface area contributed by atoms with E-state index in [9.17, 15) is 5.11 Å². The second-order valence-corrected chi connectivity index (χ2v) is 8.98. The van der Waals surface area contributed by atoms with E-state index in [0.717, 1.165) is 53.9 Å². The first kappa shape index (κ1) is 21.0. The number of rotatable bonds is 5. The fourth-order valence-corrected chi connectivity index (χ4v) is 5.35. The van der Waals surface area contributed by atoms with Crippen molar-refractivity contribution in [2.45, 2.75) is 44.9 Å². The van der Waals surface area contributed by atoms with Gasteiger partial charge in [-0.1, -0.05) is 6.07 Å². The molecule has 0 unspecified atom stereocenters. The minimum atomic E-state index is -0.0427. The monoisotopic (exact) mass is 448 g/mol. The third-order valence-electron chi connectivity index (χ3n) is 6.52. The smallest absolute Gasteiger partial charge is 0.170 e. The molecule has 0 saturated carbocycles. The van der Waals surface area contributed by atoms with Gasteiger partial charge in [-0.25, -0.2) is 0 Å². The normalized spacial score (nSPS) is 23.0.